The molecule has 7 heteroatoms. The Hall–Kier alpha value is 0.320. The summed E-state index contributed by atoms with van der Waals surface area (Å²) in [5.74, 6) is -1.05. The molecule has 17 heavy (non-hydrogen) atoms. The molecule has 82 valence electrons. The number of carboxylic acids is 1. The van der Waals surface area contributed by atoms with Crippen molar-refractivity contribution in [3.63, 3.8) is 0 Å². The van der Waals surface area contributed by atoms with Gasteiger partial charge in [-0.2, -0.15) is 0 Å². The molecule has 0 spiro atoms. The summed E-state index contributed by atoms with van der Waals surface area (Å²) in [5.41, 5.74) is 0.615. The summed E-state index contributed by atoms with van der Waals surface area (Å²) in [5, 5.41) is 19.5. The Kier molecular flexibility index (Phi) is 15.1. The van der Waals surface area contributed by atoms with Crippen LogP contribution < -0.4 is 81.4 Å². The van der Waals surface area contributed by atoms with Gasteiger partial charge in [-0.15, -0.1) is 0 Å². The first kappa shape index (κ1) is 22.5. The van der Waals surface area contributed by atoms with Gasteiger partial charge in [0.1, 0.15) is 5.75 Å². The molecule has 0 fully saturated rings. The van der Waals surface area contributed by atoms with Gasteiger partial charge in [0.05, 0.1) is 7.11 Å². The second-order valence-electron chi connectivity index (χ2n) is 2.58. The molecule has 0 atom stereocenters. The van der Waals surface area contributed by atoms with Gasteiger partial charge < -0.3 is 27.4 Å². The van der Waals surface area contributed by atoms with Crippen molar-refractivity contribution in [3.05, 3.63) is 29.8 Å². The first-order valence-corrected chi connectivity index (χ1v) is 3.89. The molecule has 0 aliphatic heterocycles. The normalized spacial score (nSPS) is 8.53. The average molecular weight is 275 g/mol. The van der Waals surface area contributed by atoms with Gasteiger partial charge in [0, 0.05) is 6.08 Å². The average Bonchev–Trinajstić information content (AvgIpc) is 2.16. The zero-order valence-electron chi connectivity index (χ0n) is 9.94. The molecule has 1 aromatic carbocycles. The van der Waals surface area contributed by atoms with E-state index < -0.39 is 5.97 Å². The van der Waals surface area contributed by atoms with Gasteiger partial charge in [0.25, 0.3) is 0 Å². The zero-order chi connectivity index (χ0) is 10.6. The SMILES string of the molecule is COc1cc(/C=C/C(=O)O)ccc1[O-].[Cl-].[Na+].[Na+]. The number of hydrogen-bond donors (Lipinski definition) is 1. The molecule has 1 N–H and O–H groups in total. The van der Waals surface area contributed by atoms with Gasteiger partial charge >= 0.3 is 65.1 Å². The summed E-state index contributed by atoms with van der Waals surface area (Å²) in [6.45, 7) is 0. The molecule has 0 unspecified atom stereocenters. The molecular weight excluding hydrogens is 266 g/mol. The van der Waals surface area contributed by atoms with E-state index in [1.54, 1.807) is 0 Å². The minimum atomic E-state index is -1.03. The number of carbonyl (C=O) groups is 1. The van der Waals surface area contributed by atoms with Crippen LogP contribution in [0, 0.1) is 0 Å². The van der Waals surface area contributed by atoms with E-state index in [1.165, 1.54) is 31.4 Å². The van der Waals surface area contributed by atoms with Crippen LogP contribution in [0.5, 0.6) is 11.5 Å². The zero-order valence-corrected chi connectivity index (χ0v) is 14.7. The van der Waals surface area contributed by atoms with E-state index in [0.717, 1.165) is 6.08 Å². The van der Waals surface area contributed by atoms with Crippen LogP contribution in [-0.2, 0) is 4.79 Å². The Bertz CT molecular complexity index is 383. The van der Waals surface area contributed by atoms with Crippen LogP contribution in [0.25, 0.3) is 6.08 Å². The number of rotatable bonds is 3. The summed E-state index contributed by atoms with van der Waals surface area (Å²) in [4.78, 5) is 10.2. The molecule has 0 aromatic heterocycles. The van der Waals surface area contributed by atoms with E-state index in [1.807, 2.05) is 0 Å². The van der Waals surface area contributed by atoms with Gasteiger partial charge in [-0.1, -0.05) is 17.9 Å². The number of halogens is 1. The molecule has 4 nitrogen and oxygen atoms in total. The van der Waals surface area contributed by atoms with E-state index in [-0.39, 0.29) is 83.0 Å². The van der Waals surface area contributed by atoms with E-state index in [4.69, 9.17) is 9.84 Å². The van der Waals surface area contributed by atoms with Crippen molar-refractivity contribution >= 4 is 12.0 Å². The van der Waals surface area contributed by atoms with Crippen molar-refractivity contribution < 1.29 is 91.3 Å². The Labute approximate surface area is 150 Å². The minimum Gasteiger partial charge on any atom is -1.00 e. The number of methoxy groups -OCH3 is 1. The van der Waals surface area contributed by atoms with Gasteiger partial charge in [-0.25, -0.2) is 4.79 Å². The maximum absolute atomic E-state index is 11.1. The third kappa shape index (κ3) is 8.11. The quantitative estimate of drug-likeness (QED) is 0.439. The number of ether oxygens (including phenoxy) is 1. The van der Waals surface area contributed by atoms with Crippen molar-refractivity contribution in [2.75, 3.05) is 7.11 Å². The maximum atomic E-state index is 11.1. The molecule has 0 saturated carbocycles. The molecule has 1 rings (SSSR count). The molecule has 0 saturated heterocycles. The predicted octanol–water partition coefficient (Wildman–Crippen LogP) is -8.12. The Morgan fingerprint density at radius 2 is 2.00 bits per heavy atom. The van der Waals surface area contributed by atoms with Crippen LogP contribution in [0.4, 0.5) is 0 Å². The van der Waals surface area contributed by atoms with Crippen LogP contribution in [0.15, 0.2) is 24.3 Å². The fraction of sp³-hybridized carbons (Fsp3) is 0.100. The smallest absolute Gasteiger partial charge is 1.00 e. The Balaban J connectivity index is -0.000000653. The summed E-state index contributed by atoms with van der Waals surface area (Å²) in [7, 11) is 1.39. The van der Waals surface area contributed by atoms with E-state index in [0.29, 0.717) is 5.56 Å². The maximum Gasteiger partial charge on any atom is 1.00 e. The molecule has 0 aliphatic rings. The van der Waals surface area contributed by atoms with E-state index in [2.05, 4.69) is 0 Å². The molecule has 0 amide bonds. The summed E-state index contributed by atoms with van der Waals surface area (Å²) >= 11 is 0. The number of benzene rings is 1. The van der Waals surface area contributed by atoms with Crippen molar-refractivity contribution in [1.29, 1.82) is 0 Å². The van der Waals surface area contributed by atoms with Crippen molar-refractivity contribution in [2.24, 2.45) is 0 Å². The third-order valence-electron chi connectivity index (χ3n) is 1.61. The fourth-order valence-corrected chi connectivity index (χ4v) is 0.955. The second kappa shape index (κ2) is 11.4. The topological polar surface area (TPSA) is 69.6 Å². The molecule has 1 aromatic rings. The summed E-state index contributed by atoms with van der Waals surface area (Å²) < 4.78 is 4.80. The van der Waals surface area contributed by atoms with Crippen LogP contribution in [0.1, 0.15) is 5.56 Å². The Morgan fingerprint density at radius 1 is 1.41 bits per heavy atom. The third-order valence-corrected chi connectivity index (χ3v) is 1.61. The van der Waals surface area contributed by atoms with E-state index in [9.17, 15) is 9.90 Å². The van der Waals surface area contributed by atoms with Crippen LogP contribution in [0.2, 0.25) is 0 Å². The molecule has 0 radical (unpaired) electrons. The first-order chi connectivity index (χ1) is 6.63. The molecule has 0 heterocycles. The van der Waals surface area contributed by atoms with Crippen molar-refractivity contribution in [2.45, 2.75) is 0 Å². The van der Waals surface area contributed by atoms with Gasteiger partial charge in [0.2, 0.25) is 0 Å². The fourth-order valence-electron chi connectivity index (χ4n) is 0.955. The first-order valence-electron chi connectivity index (χ1n) is 3.89. The largest absolute Gasteiger partial charge is 1.00 e. The number of aliphatic carboxylic acids is 1. The van der Waals surface area contributed by atoms with Gasteiger partial charge in [0.15, 0.2) is 0 Å². The number of carboxylic acid groups (broad SMARTS) is 1. The van der Waals surface area contributed by atoms with Crippen molar-refractivity contribution in [1.82, 2.24) is 0 Å². The second-order valence-corrected chi connectivity index (χ2v) is 2.58. The van der Waals surface area contributed by atoms with Crippen LogP contribution in [0.3, 0.4) is 0 Å². The minimum absolute atomic E-state index is 0. The monoisotopic (exact) mass is 274 g/mol. The van der Waals surface area contributed by atoms with Gasteiger partial charge in [-0.3, -0.25) is 0 Å². The van der Waals surface area contributed by atoms with E-state index >= 15 is 0 Å². The molecule has 0 bridgehead atoms. The number of hydrogen-bond acceptors (Lipinski definition) is 3. The van der Waals surface area contributed by atoms with Crippen LogP contribution in [-0.4, -0.2) is 18.2 Å². The van der Waals surface area contributed by atoms with Crippen LogP contribution >= 0.6 is 0 Å². The Morgan fingerprint density at radius 3 is 2.47 bits per heavy atom. The van der Waals surface area contributed by atoms with Crippen molar-refractivity contribution in [3.8, 4) is 11.5 Å². The summed E-state index contributed by atoms with van der Waals surface area (Å²) in [6, 6.07) is 4.35. The summed E-state index contributed by atoms with van der Waals surface area (Å²) in [6.07, 6.45) is 2.39. The molecule has 0 aliphatic carbocycles. The predicted molar refractivity (Wildman–Crippen MR) is 49.1 cm³/mol. The molecular formula is C10H9ClNa2O4. The standard InChI is InChI=1S/C10H10O4.ClH.2Na/c1-14-9-6-7(2-4-8(9)11)3-5-10(12)13;;;/h2-6,11H,1H3,(H,12,13);1H;;/q;;2*+1/p-2/b5-3+;;;. The van der Waals surface area contributed by atoms with Gasteiger partial charge in [-0.05, 0) is 17.7 Å².